The van der Waals surface area contributed by atoms with Gasteiger partial charge in [-0.3, -0.25) is 9.69 Å². The lowest BCUT2D eigenvalue weighted by Crippen LogP contribution is -2.35. The van der Waals surface area contributed by atoms with Crippen molar-refractivity contribution in [2.24, 2.45) is 0 Å². The Morgan fingerprint density at radius 3 is 2.68 bits per heavy atom. The molecule has 0 amide bonds. The number of nitrogens with one attached hydrogen (secondary N) is 1. The first kappa shape index (κ1) is 23.8. The van der Waals surface area contributed by atoms with Gasteiger partial charge in [0.2, 0.25) is 0 Å². The first-order valence-corrected chi connectivity index (χ1v) is 13.8. The Labute approximate surface area is 219 Å². The van der Waals surface area contributed by atoms with E-state index in [2.05, 4.69) is 80.2 Å². The molecule has 2 aromatic carbocycles. The molecule has 1 saturated carbocycles. The average molecular weight is 511 g/mol. The molecule has 3 aromatic heterocycles. The Balaban J connectivity index is 1.54. The van der Waals surface area contributed by atoms with E-state index in [1.165, 1.54) is 23.3 Å². The second kappa shape index (κ2) is 10.4. The van der Waals surface area contributed by atoms with Crippen LogP contribution in [0.3, 0.4) is 0 Å². The second-order valence-electron chi connectivity index (χ2n) is 9.94. The van der Waals surface area contributed by atoms with Gasteiger partial charge in [-0.05, 0) is 70.8 Å². The summed E-state index contributed by atoms with van der Waals surface area (Å²) in [7, 11) is 0. The van der Waals surface area contributed by atoms with Crippen LogP contribution >= 0.6 is 11.3 Å². The Morgan fingerprint density at radius 2 is 1.89 bits per heavy atom. The fraction of sp³-hybridized carbons (Fsp3) is 0.310. The molecule has 6 rings (SSSR count). The largest absolute Gasteiger partial charge is 0.322 e. The highest BCUT2D eigenvalue weighted by Gasteiger charge is 2.33. The summed E-state index contributed by atoms with van der Waals surface area (Å²) in [6.07, 6.45) is 4.46. The van der Waals surface area contributed by atoms with Crippen LogP contribution in [0.5, 0.6) is 0 Å². The van der Waals surface area contributed by atoms with Crippen LogP contribution in [0, 0.1) is 6.92 Å². The van der Waals surface area contributed by atoms with Crippen molar-refractivity contribution in [2.45, 2.75) is 57.8 Å². The van der Waals surface area contributed by atoms with Crippen LogP contribution in [-0.4, -0.2) is 30.1 Å². The highest BCUT2D eigenvalue weighted by molar-refractivity contribution is 7.09. The number of aromatic nitrogens is 5. The van der Waals surface area contributed by atoms with Crippen LogP contribution in [0.1, 0.15) is 65.2 Å². The van der Waals surface area contributed by atoms with Gasteiger partial charge in [-0.25, -0.2) is 4.68 Å². The first-order valence-electron chi connectivity index (χ1n) is 12.9. The number of thiophene rings is 1. The molecular weight excluding hydrogens is 480 g/mol. The predicted molar refractivity (Wildman–Crippen MR) is 146 cm³/mol. The molecule has 0 unspecified atom stereocenters. The van der Waals surface area contributed by atoms with Gasteiger partial charge in [0.05, 0.1) is 6.04 Å². The van der Waals surface area contributed by atoms with Gasteiger partial charge in [0, 0.05) is 29.0 Å². The third-order valence-corrected chi connectivity index (χ3v) is 8.15. The first-order chi connectivity index (χ1) is 18.2. The second-order valence-corrected chi connectivity index (χ2v) is 11.0. The summed E-state index contributed by atoms with van der Waals surface area (Å²) in [4.78, 5) is 20.4. The van der Waals surface area contributed by atoms with Gasteiger partial charge >= 0.3 is 0 Å². The fourth-order valence-corrected chi connectivity index (χ4v) is 6.22. The quantitative estimate of drug-likeness (QED) is 0.286. The van der Waals surface area contributed by atoms with Crippen molar-refractivity contribution in [3.05, 3.63) is 110 Å². The molecule has 1 aliphatic rings. The average Bonchev–Trinajstić information content (AvgIpc) is 3.69. The molecule has 0 saturated heterocycles. The fourth-order valence-electron chi connectivity index (χ4n) is 5.49. The summed E-state index contributed by atoms with van der Waals surface area (Å²) in [6.45, 7) is 3.41. The number of rotatable bonds is 8. The molecule has 37 heavy (non-hydrogen) atoms. The number of H-pyrrole nitrogens is 1. The zero-order valence-electron chi connectivity index (χ0n) is 20.9. The van der Waals surface area contributed by atoms with Crippen LogP contribution in [0.4, 0.5) is 0 Å². The van der Waals surface area contributed by atoms with Gasteiger partial charge in [0.25, 0.3) is 5.56 Å². The summed E-state index contributed by atoms with van der Waals surface area (Å²) in [6, 6.07) is 22.6. The van der Waals surface area contributed by atoms with Gasteiger partial charge in [-0.15, -0.1) is 16.4 Å². The molecular formula is C29H30N6OS. The highest BCUT2D eigenvalue weighted by Crippen LogP contribution is 2.35. The van der Waals surface area contributed by atoms with E-state index in [9.17, 15) is 4.79 Å². The number of fused-ring (bicyclic) bond motifs is 1. The maximum atomic E-state index is 13.7. The van der Waals surface area contributed by atoms with E-state index in [1.807, 2.05) is 28.9 Å². The Bertz CT molecular complexity index is 1540. The standard InChI is InChI=1S/C29H30N6OS/c1-20-13-14-26-22(16-20)17-25(29(36)30-26)27(28-31-32-33-35(28)23-10-5-6-11-23)34(19-24-12-7-15-37-24)18-21-8-3-2-4-9-21/h2-4,7-9,12-17,23,27H,5-6,10-11,18-19H2,1H3,(H,30,36)/t27-/m0/s1. The number of hydrogen-bond donors (Lipinski definition) is 1. The lowest BCUT2D eigenvalue weighted by molar-refractivity contribution is 0.192. The molecule has 5 aromatic rings. The molecule has 0 spiro atoms. The SMILES string of the molecule is Cc1ccc2[nH]c(=O)c([C@@H](c3nnnn3C3CCCC3)N(Cc3ccccc3)Cc3cccs3)cc2c1. The van der Waals surface area contributed by atoms with Gasteiger partial charge in [-0.1, -0.05) is 60.9 Å². The molecule has 3 heterocycles. The smallest absolute Gasteiger partial charge is 0.253 e. The number of pyridine rings is 1. The van der Waals surface area contributed by atoms with E-state index in [0.29, 0.717) is 18.7 Å². The summed E-state index contributed by atoms with van der Waals surface area (Å²) < 4.78 is 1.99. The summed E-state index contributed by atoms with van der Waals surface area (Å²) in [5.74, 6) is 0.733. The van der Waals surface area contributed by atoms with Crippen molar-refractivity contribution in [3.63, 3.8) is 0 Å². The maximum Gasteiger partial charge on any atom is 0.253 e. The molecule has 0 aliphatic heterocycles. The van der Waals surface area contributed by atoms with E-state index in [4.69, 9.17) is 0 Å². The zero-order valence-corrected chi connectivity index (χ0v) is 21.7. The number of hydrogen-bond acceptors (Lipinski definition) is 6. The predicted octanol–water partition coefficient (Wildman–Crippen LogP) is 5.79. The minimum Gasteiger partial charge on any atom is -0.322 e. The topological polar surface area (TPSA) is 79.7 Å². The molecule has 1 N–H and O–H groups in total. The Hall–Kier alpha value is -3.62. The summed E-state index contributed by atoms with van der Waals surface area (Å²) in [5.41, 5.74) is 3.72. The van der Waals surface area contributed by atoms with Crippen molar-refractivity contribution in [1.29, 1.82) is 0 Å². The monoisotopic (exact) mass is 510 g/mol. The van der Waals surface area contributed by atoms with Crippen molar-refractivity contribution < 1.29 is 0 Å². The molecule has 0 radical (unpaired) electrons. The third kappa shape index (κ3) is 4.99. The lowest BCUT2D eigenvalue weighted by Gasteiger charge is -2.31. The lowest BCUT2D eigenvalue weighted by atomic mass is 10.0. The number of tetrazole rings is 1. The summed E-state index contributed by atoms with van der Waals surface area (Å²) >= 11 is 1.72. The highest BCUT2D eigenvalue weighted by atomic mass is 32.1. The Kier molecular flexibility index (Phi) is 6.68. The van der Waals surface area contributed by atoms with Gasteiger partial charge in [0.15, 0.2) is 5.82 Å². The molecule has 1 atom stereocenters. The number of nitrogens with zero attached hydrogens (tertiary/aromatic N) is 5. The number of aromatic amines is 1. The molecule has 0 bridgehead atoms. The number of aryl methyl sites for hydroxylation is 1. The molecule has 188 valence electrons. The Morgan fingerprint density at radius 1 is 1.05 bits per heavy atom. The van der Waals surface area contributed by atoms with Crippen LogP contribution in [-0.2, 0) is 13.1 Å². The summed E-state index contributed by atoms with van der Waals surface area (Å²) in [5, 5.41) is 16.3. The van der Waals surface area contributed by atoms with E-state index >= 15 is 0 Å². The molecule has 1 aliphatic carbocycles. The third-order valence-electron chi connectivity index (χ3n) is 7.29. The normalized spacial score (nSPS) is 15.1. The van der Waals surface area contributed by atoms with Crippen LogP contribution < -0.4 is 5.56 Å². The maximum absolute atomic E-state index is 13.7. The van der Waals surface area contributed by atoms with Gasteiger partial charge in [0.1, 0.15) is 6.04 Å². The molecule has 7 nitrogen and oxygen atoms in total. The van der Waals surface area contributed by atoms with Crippen molar-refractivity contribution >= 4 is 22.2 Å². The zero-order chi connectivity index (χ0) is 25.2. The molecule has 1 fully saturated rings. The van der Waals surface area contributed by atoms with E-state index in [0.717, 1.165) is 35.1 Å². The van der Waals surface area contributed by atoms with Gasteiger partial charge < -0.3 is 4.98 Å². The van der Waals surface area contributed by atoms with Crippen LogP contribution in [0.25, 0.3) is 10.9 Å². The van der Waals surface area contributed by atoms with Crippen molar-refractivity contribution in [3.8, 4) is 0 Å². The van der Waals surface area contributed by atoms with Crippen LogP contribution in [0.15, 0.2) is 76.9 Å². The van der Waals surface area contributed by atoms with Crippen LogP contribution in [0.2, 0.25) is 0 Å². The van der Waals surface area contributed by atoms with E-state index < -0.39 is 6.04 Å². The minimum absolute atomic E-state index is 0.105. The molecule has 8 heteroatoms. The number of benzene rings is 2. The van der Waals surface area contributed by atoms with Gasteiger partial charge in [-0.2, -0.15) is 0 Å². The van der Waals surface area contributed by atoms with Crippen molar-refractivity contribution in [1.82, 2.24) is 30.1 Å². The van der Waals surface area contributed by atoms with E-state index in [1.54, 1.807) is 11.3 Å². The minimum atomic E-state index is -0.411. The van der Waals surface area contributed by atoms with E-state index in [-0.39, 0.29) is 11.6 Å². The van der Waals surface area contributed by atoms with Crippen molar-refractivity contribution in [2.75, 3.05) is 0 Å².